The summed E-state index contributed by atoms with van der Waals surface area (Å²) in [5.41, 5.74) is 1.76. The van der Waals surface area contributed by atoms with Crippen molar-refractivity contribution < 1.29 is 18.3 Å². The van der Waals surface area contributed by atoms with Crippen molar-refractivity contribution in [1.82, 2.24) is 4.90 Å². The Labute approximate surface area is 199 Å². The number of sulfonamides is 1. The van der Waals surface area contributed by atoms with Gasteiger partial charge in [-0.3, -0.25) is 14.4 Å². The lowest BCUT2D eigenvalue weighted by Gasteiger charge is -2.18. The van der Waals surface area contributed by atoms with E-state index in [-0.39, 0.29) is 16.3 Å². The first-order valence-corrected chi connectivity index (χ1v) is 12.3. The molecule has 0 saturated carbocycles. The Hall–Kier alpha value is -3.07. The van der Waals surface area contributed by atoms with Crippen molar-refractivity contribution in [1.29, 1.82) is 0 Å². The molecule has 0 atom stereocenters. The average molecular weight is 488 g/mol. The van der Waals surface area contributed by atoms with Gasteiger partial charge in [0.2, 0.25) is 0 Å². The highest BCUT2D eigenvalue weighted by molar-refractivity contribution is 7.92. The van der Waals surface area contributed by atoms with Crippen molar-refractivity contribution in [2.75, 3.05) is 23.1 Å². The van der Waals surface area contributed by atoms with Crippen LogP contribution in [0.5, 0.6) is 5.75 Å². The van der Waals surface area contributed by atoms with E-state index < -0.39 is 15.9 Å². The number of halogens is 1. The number of phenolic OH excluding ortho intramolecular Hbond substituents is 1. The van der Waals surface area contributed by atoms with Crippen molar-refractivity contribution in [3.05, 3.63) is 82.9 Å². The standard InChI is InChI=1S/C24H26ClN3O4S/c1-3-28(4-2)16-17-8-10-18(11-9-17)24(30)26-22-15-21(12-13-23(22)29)33(31,32)27-20-7-5-6-19(25)14-20/h5-15,27,29H,3-4,16H2,1-2H3,(H,26,30). The lowest BCUT2D eigenvalue weighted by molar-refractivity contribution is 0.102. The molecular weight excluding hydrogens is 462 g/mol. The van der Waals surface area contributed by atoms with Crippen LogP contribution in [0.1, 0.15) is 29.8 Å². The highest BCUT2D eigenvalue weighted by Crippen LogP contribution is 2.28. The van der Waals surface area contributed by atoms with E-state index in [0.29, 0.717) is 16.3 Å². The molecule has 0 unspecified atom stereocenters. The van der Waals surface area contributed by atoms with Gasteiger partial charge in [0.15, 0.2) is 0 Å². The summed E-state index contributed by atoms with van der Waals surface area (Å²) in [5.74, 6) is -0.708. The number of benzene rings is 3. The zero-order valence-corrected chi connectivity index (χ0v) is 19.9. The van der Waals surface area contributed by atoms with Gasteiger partial charge in [-0.05, 0) is 67.2 Å². The number of nitrogens with zero attached hydrogens (tertiary/aromatic N) is 1. The predicted molar refractivity (Wildman–Crippen MR) is 131 cm³/mol. The third-order valence-corrected chi connectivity index (χ3v) is 6.73. The molecule has 3 N–H and O–H groups in total. The molecule has 9 heteroatoms. The zero-order valence-electron chi connectivity index (χ0n) is 18.4. The average Bonchev–Trinajstić information content (AvgIpc) is 2.78. The molecule has 3 aromatic carbocycles. The fourth-order valence-electron chi connectivity index (χ4n) is 3.21. The molecule has 0 fully saturated rings. The first kappa shape index (κ1) is 24.6. The molecule has 0 bridgehead atoms. The molecule has 7 nitrogen and oxygen atoms in total. The van der Waals surface area contributed by atoms with Crippen molar-refractivity contribution >= 4 is 38.9 Å². The van der Waals surface area contributed by atoms with Crippen LogP contribution in [-0.2, 0) is 16.6 Å². The molecule has 0 aromatic heterocycles. The Morgan fingerprint density at radius 2 is 1.70 bits per heavy atom. The number of aromatic hydroxyl groups is 1. The van der Waals surface area contributed by atoms with Crippen molar-refractivity contribution in [3.8, 4) is 5.75 Å². The van der Waals surface area contributed by atoms with E-state index in [4.69, 9.17) is 11.6 Å². The topological polar surface area (TPSA) is 98.7 Å². The largest absolute Gasteiger partial charge is 0.506 e. The van der Waals surface area contributed by atoms with Crippen LogP contribution in [0.4, 0.5) is 11.4 Å². The number of rotatable bonds is 9. The van der Waals surface area contributed by atoms with Gasteiger partial charge >= 0.3 is 0 Å². The van der Waals surface area contributed by atoms with Crippen LogP contribution < -0.4 is 10.0 Å². The van der Waals surface area contributed by atoms with Crippen molar-refractivity contribution in [2.24, 2.45) is 0 Å². The molecule has 0 aliphatic rings. The number of nitrogens with one attached hydrogen (secondary N) is 2. The number of hydrogen-bond donors (Lipinski definition) is 3. The van der Waals surface area contributed by atoms with E-state index in [1.807, 2.05) is 12.1 Å². The van der Waals surface area contributed by atoms with Gasteiger partial charge < -0.3 is 10.4 Å². The van der Waals surface area contributed by atoms with Crippen LogP contribution >= 0.6 is 11.6 Å². The fourth-order valence-corrected chi connectivity index (χ4v) is 4.48. The van der Waals surface area contributed by atoms with E-state index in [1.165, 1.54) is 24.3 Å². The Balaban J connectivity index is 1.76. The minimum absolute atomic E-state index is 0.0128. The maximum Gasteiger partial charge on any atom is 0.261 e. The summed E-state index contributed by atoms with van der Waals surface area (Å²) < 4.78 is 27.9. The fraction of sp³-hybridized carbons (Fsp3) is 0.208. The summed E-state index contributed by atoms with van der Waals surface area (Å²) in [5, 5.41) is 13.1. The lowest BCUT2D eigenvalue weighted by Crippen LogP contribution is -2.22. The van der Waals surface area contributed by atoms with E-state index >= 15 is 0 Å². The molecule has 3 rings (SSSR count). The predicted octanol–water partition coefficient (Wildman–Crippen LogP) is 4.94. The summed E-state index contributed by atoms with van der Waals surface area (Å²) in [7, 11) is -3.97. The van der Waals surface area contributed by atoms with Gasteiger partial charge in [-0.15, -0.1) is 0 Å². The highest BCUT2D eigenvalue weighted by atomic mass is 35.5. The highest BCUT2D eigenvalue weighted by Gasteiger charge is 2.18. The molecule has 0 saturated heterocycles. The van der Waals surface area contributed by atoms with Crippen LogP contribution in [-0.4, -0.2) is 37.4 Å². The minimum Gasteiger partial charge on any atom is -0.506 e. The molecule has 1 amide bonds. The third kappa shape index (κ3) is 6.47. The summed E-state index contributed by atoms with van der Waals surface area (Å²) in [6.45, 7) is 6.84. The quantitative estimate of drug-likeness (QED) is 0.371. The molecular formula is C24H26ClN3O4S. The maximum absolute atomic E-state index is 12.8. The number of amides is 1. The second kappa shape index (κ2) is 10.7. The van der Waals surface area contributed by atoms with Crippen LogP contribution in [0.25, 0.3) is 0 Å². The van der Waals surface area contributed by atoms with Crippen LogP contribution in [0.15, 0.2) is 71.6 Å². The lowest BCUT2D eigenvalue weighted by atomic mass is 10.1. The number of carbonyl (C=O) groups is 1. The van der Waals surface area contributed by atoms with Gasteiger partial charge in [0.25, 0.3) is 15.9 Å². The number of hydrogen-bond acceptors (Lipinski definition) is 5. The normalized spacial score (nSPS) is 11.4. The van der Waals surface area contributed by atoms with E-state index in [2.05, 4.69) is 28.8 Å². The third-order valence-electron chi connectivity index (χ3n) is 5.12. The van der Waals surface area contributed by atoms with Gasteiger partial charge in [-0.2, -0.15) is 0 Å². The number of phenols is 1. The second-order valence-corrected chi connectivity index (χ2v) is 9.53. The SMILES string of the molecule is CCN(CC)Cc1ccc(C(=O)Nc2cc(S(=O)(=O)Nc3cccc(Cl)c3)ccc2O)cc1. The molecule has 33 heavy (non-hydrogen) atoms. The zero-order chi connectivity index (χ0) is 24.0. The van der Waals surface area contributed by atoms with Gasteiger partial charge in [0.1, 0.15) is 5.75 Å². The van der Waals surface area contributed by atoms with Gasteiger partial charge in [0, 0.05) is 17.1 Å². The Morgan fingerprint density at radius 1 is 1.00 bits per heavy atom. The summed E-state index contributed by atoms with van der Waals surface area (Å²) in [6.07, 6.45) is 0. The van der Waals surface area contributed by atoms with Crippen LogP contribution in [0.3, 0.4) is 0 Å². The summed E-state index contributed by atoms with van der Waals surface area (Å²) in [4.78, 5) is 14.8. The van der Waals surface area contributed by atoms with Crippen molar-refractivity contribution in [2.45, 2.75) is 25.3 Å². The van der Waals surface area contributed by atoms with E-state index in [1.54, 1.807) is 30.3 Å². The van der Waals surface area contributed by atoms with E-state index in [0.717, 1.165) is 25.2 Å². The number of carbonyl (C=O) groups excluding carboxylic acids is 1. The smallest absolute Gasteiger partial charge is 0.261 e. The van der Waals surface area contributed by atoms with Gasteiger partial charge in [-0.25, -0.2) is 8.42 Å². The Morgan fingerprint density at radius 3 is 2.33 bits per heavy atom. The first-order chi connectivity index (χ1) is 15.7. The molecule has 0 aliphatic heterocycles. The van der Waals surface area contributed by atoms with Crippen LogP contribution in [0, 0.1) is 0 Å². The monoisotopic (exact) mass is 487 g/mol. The molecule has 0 radical (unpaired) electrons. The van der Waals surface area contributed by atoms with Crippen LogP contribution in [0.2, 0.25) is 5.02 Å². The van der Waals surface area contributed by atoms with Gasteiger partial charge in [-0.1, -0.05) is 43.6 Å². The molecule has 0 heterocycles. The van der Waals surface area contributed by atoms with Gasteiger partial charge in [0.05, 0.1) is 16.3 Å². The van der Waals surface area contributed by atoms with Crippen molar-refractivity contribution in [3.63, 3.8) is 0 Å². The summed E-state index contributed by atoms with van der Waals surface area (Å²) in [6, 6.07) is 17.1. The second-order valence-electron chi connectivity index (χ2n) is 7.41. The number of anilines is 2. The first-order valence-electron chi connectivity index (χ1n) is 10.5. The molecule has 0 spiro atoms. The molecule has 0 aliphatic carbocycles. The molecule has 174 valence electrons. The Kier molecular flexibility index (Phi) is 7.97. The molecule has 3 aromatic rings. The summed E-state index contributed by atoms with van der Waals surface area (Å²) >= 11 is 5.91. The minimum atomic E-state index is -3.97. The maximum atomic E-state index is 12.8. The Bertz CT molecular complexity index is 1230. The van der Waals surface area contributed by atoms with E-state index in [9.17, 15) is 18.3 Å².